The quantitative estimate of drug-likeness (QED) is 0.676. The molecule has 2 N–H and O–H groups in total. The van der Waals surface area contributed by atoms with E-state index in [1.165, 1.54) is 6.42 Å². The molecule has 0 aromatic carbocycles. The Bertz CT molecular complexity index is 227. The van der Waals surface area contributed by atoms with E-state index < -0.39 is 0 Å². The van der Waals surface area contributed by atoms with E-state index in [1.54, 1.807) is 0 Å². The molecule has 0 aliphatic carbocycles. The average Bonchev–Trinajstić information content (AvgIpc) is 2.78. The molecule has 2 fully saturated rings. The maximum atomic E-state index is 12.0. The number of nitrogens with zero attached hydrogens (tertiary/aromatic N) is 1. The van der Waals surface area contributed by atoms with E-state index in [4.69, 9.17) is 5.11 Å². The summed E-state index contributed by atoms with van der Waals surface area (Å²) in [4.78, 5) is 14.0. The van der Waals surface area contributed by atoms with Gasteiger partial charge in [-0.1, -0.05) is 6.42 Å². The predicted octanol–water partition coefficient (Wildman–Crippen LogP) is -0.0307. The molecular formula is C11H20N2O2. The maximum absolute atomic E-state index is 12.0. The second-order valence-corrected chi connectivity index (χ2v) is 4.62. The Kier molecular flexibility index (Phi) is 3.59. The number of hydrogen-bond donors (Lipinski definition) is 2. The molecule has 2 rings (SSSR count). The Morgan fingerprint density at radius 2 is 2.27 bits per heavy atom. The molecule has 2 aliphatic heterocycles. The molecule has 0 aromatic rings. The van der Waals surface area contributed by atoms with E-state index in [2.05, 4.69) is 5.32 Å². The highest BCUT2D eigenvalue weighted by Crippen LogP contribution is 2.18. The van der Waals surface area contributed by atoms with E-state index >= 15 is 0 Å². The van der Waals surface area contributed by atoms with Crippen molar-refractivity contribution in [3.8, 4) is 0 Å². The molecule has 2 saturated heterocycles. The topological polar surface area (TPSA) is 52.6 Å². The zero-order valence-electron chi connectivity index (χ0n) is 9.11. The van der Waals surface area contributed by atoms with Crippen LogP contribution in [0.25, 0.3) is 0 Å². The number of aliphatic hydroxyl groups is 1. The van der Waals surface area contributed by atoms with Gasteiger partial charge in [0.1, 0.15) is 0 Å². The summed E-state index contributed by atoms with van der Waals surface area (Å²) in [5.41, 5.74) is 0. The lowest BCUT2D eigenvalue weighted by Crippen LogP contribution is -2.47. The molecule has 2 atom stereocenters. The zero-order chi connectivity index (χ0) is 10.7. The van der Waals surface area contributed by atoms with Crippen LogP contribution in [0.15, 0.2) is 0 Å². The fourth-order valence-electron chi connectivity index (χ4n) is 2.46. The number of aliphatic hydroxyl groups excluding tert-OH is 1. The van der Waals surface area contributed by atoms with Crippen LogP contribution in [-0.2, 0) is 4.79 Å². The van der Waals surface area contributed by atoms with Crippen LogP contribution >= 0.6 is 0 Å². The largest absolute Gasteiger partial charge is 0.396 e. The number of carbonyl (C=O) groups excluding carboxylic acids is 1. The Balaban J connectivity index is 1.85. The molecule has 15 heavy (non-hydrogen) atoms. The average molecular weight is 212 g/mol. The lowest BCUT2D eigenvalue weighted by Gasteiger charge is -2.27. The molecular weight excluding hydrogens is 192 g/mol. The van der Waals surface area contributed by atoms with Crippen LogP contribution in [0.4, 0.5) is 0 Å². The minimum atomic E-state index is 0.0381. The van der Waals surface area contributed by atoms with Gasteiger partial charge in [0, 0.05) is 25.6 Å². The summed E-state index contributed by atoms with van der Waals surface area (Å²) in [6.07, 6.45) is 4.26. The fraction of sp³-hybridized carbons (Fsp3) is 0.909. The Morgan fingerprint density at radius 3 is 2.87 bits per heavy atom. The molecule has 4 nitrogen and oxygen atoms in total. The number of rotatable bonds is 2. The van der Waals surface area contributed by atoms with Crippen molar-refractivity contribution in [1.82, 2.24) is 10.2 Å². The molecule has 2 heterocycles. The number of hydrogen-bond acceptors (Lipinski definition) is 3. The van der Waals surface area contributed by atoms with Gasteiger partial charge in [-0.2, -0.15) is 0 Å². The van der Waals surface area contributed by atoms with Crippen molar-refractivity contribution < 1.29 is 9.90 Å². The van der Waals surface area contributed by atoms with Crippen LogP contribution < -0.4 is 5.32 Å². The molecule has 2 aliphatic rings. The van der Waals surface area contributed by atoms with E-state index in [9.17, 15) is 4.79 Å². The SMILES string of the molecule is O=C([C@@H]1CCCCN1)N1CCC(CO)C1. The van der Waals surface area contributed by atoms with Gasteiger partial charge in [-0.25, -0.2) is 0 Å². The Morgan fingerprint density at radius 1 is 1.40 bits per heavy atom. The predicted molar refractivity (Wildman–Crippen MR) is 57.4 cm³/mol. The number of amides is 1. The number of piperidine rings is 1. The van der Waals surface area contributed by atoms with E-state index in [1.807, 2.05) is 4.90 Å². The standard InChI is InChI=1S/C11H20N2O2/c14-8-9-4-6-13(7-9)11(15)10-3-1-2-5-12-10/h9-10,12,14H,1-8H2/t9?,10-/m0/s1. The lowest BCUT2D eigenvalue weighted by atomic mass is 10.0. The van der Waals surface area contributed by atoms with Crippen molar-refractivity contribution in [2.45, 2.75) is 31.7 Å². The van der Waals surface area contributed by atoms with Crippen molar-refractivity contribution in [1.29, 1.82) is 0 Å². The van der Waals surface area contributed by atoms with Crippen LogP contribution in [-0.4, -0.2) is 48.2 Å². The third-order valence-corrected chi connectivity index (χ3v) is 3.46. The summed E-state index contributed by atoms with van der Waals surface area (Å²) in [6.45, 7) is 2.74. The smallest absolute Gasteiger partial charge is 0.239 e. The first-order valence-electron chi connectivity index (χ1n) is 5.94. The normalized spacial score (nSPS) is 31.9. The maximum Gasteiger partial charge on any atom is 0.239 e. The molecule has 0 radical (unpaired) electrons. The van der Waals surface area contributed by atoms with Gasteiger partial charge in [0.2, 0.25) is 5.91 Å². The van der Waals surface area contributed by atoms with E-state index in [-0.39, 0.29) is 18.6 Å². The highest BCUT2D eigenvalue weighted by molar-refractivity contribution is 5.82. The van der Waals surface area contributed by atoms with Crippen molar-refractivity contribution in [3.63, 3.8) is 0 Å². The molecule has 86 valence electrons. The summed E-state index contributed by atoms with van der Waals surface area (Å²) < 4.78 is 0. The summed E-state index contributed by atoms with van der Waals surface area (Å²) in [6, 6.07) is 0.0381. The molecule has 1 amide bonds. The Hall–Kier alpha value is -0.610. The summed E-state index contributed by atoms with van der Waals surface area (Å²) >= 11 is 0. The van der Waals surface area contributed by atoms with Gasteiger partial charge in [-0.15, -0.1) is 0 Å². The monoisotopic (exact) mass is 212 g/mol. The van der Waals surface area contributed by atoms with Crippen LogP contribution in [0, 0.1) is 5.92 Å². The molecule has 1 unspecified atom stereocenters. The molecule has 4 heteroatoms. The third kappa shape index (κ3) is 2.49. The first-order valence-corrected chi connectivity index (χ1v) is 5.94. The van der Waals surface area contributed by atoms with Crippen molar-refractivity contribution in [2.75, 3.05) is 26.2 Å². The minimum absolute atomic E-state index is 0.0381. The van der Waals surface area contributed by atoms with Gasteiger partial charge in [0.25, 0.3) is 0 Å². The first kappa shape index (κ1) is 10.9. The van der Waals surface area contributed by atoms with Gasteiger partial charge in [0.15, 0.2) is 0 Å². The van der Waals surface area contributed by atoms with Crippen LogP contribution in [0.5, 0.6) is 0 Å². The van der Waals surface area contributed by atoms with Crippen LogP contribution in [0.1, 0.15) is 25.7 Å². The van der Waals surface area contributed by atoms with Gasteiger partial charge in [-0.05, 0) is 25.8 Å². The number of nitrogens with one attached hydrogen (secondary N) is 1. The second-order valence-electron chi connectivity index (χ2n) is 4.62. The van der Waals surface area contributed by atoms with E-state index in [0.717, 1.165) is 38.9 Å². The van der Waals surface area contributed by atoms with Crippen LogP contribution in [0.2, 0.25) is 0 Å². The van der Waals surface area contributed by atoms with Gasteiger partial charge < -0.3 is 15.3 Å². The number of carbonyl (C=O) groups is 1. The summed E-state index contributed by atoms with van der Waals surface area (Å²) in [5.74, 6) is 0.545. The van der Waals surface area contributed by atoms with Gasteiger partial charge >= 0.3 is 0 Å². The second kappa shape index (κ2) is 4.94. The molecule has 0 saturated carbocycles. The van der Waals surface area contributed by atoms with Crippen molar-refractivity contribution in [2.24, 2.45) is 5.92 Å². The zero-order valence-corrected chi connectivity index (χ0v) is 9.11. The minimum Gasteiger partial charge on any atom is -0.396 e. The van der Waals surface area contributed by atoms with Gasteiger partial charge in [0.05, 0.1) is 6.04 Å². The fourth-order valence-corrected chi connectivity index (χ4v) is 2.46. The van der Waals surface area contributed by atoms with Crippen molar-refractivity contribution in [3.05, 3.63) is 0 Å². The van der Waals surface area contributed by atoms with E-state index in [0.29, 0.717) is 5.92 Å². The highest BCUT2D eigenvalue weighted by atomic mass is 16.3. The third-order valence-electron chi connectivity index (χ3n) is 3.46. The summed E-state index contributed by atoms with van der Waals surface area (Å²) in [5, 5.41) is 12.3. The molecule has 0 aromatic heterocycles. The van der Waals surface area contributed by atoms with Crippen molar-refractivity contribution >= 4 is 5.91 Å². The lowest BCUT2D eigenvalue weighted by molar-refractivity contribution is -0.133. The summed E-state index contributed by atoms with van der Waals surface area (Å²) in [7, 11) is 0. The first-order chi connectivity index (χ1) is 7.31. The van der Waals surface area contributed by atoms with Gasteiger partial charge in [-0.3, -0.25) is 4.79 Å². The highest BCUT2D eigenvalue weighted by Gasteiger charge is 2.30. The van der Waals surface area contributed by atoms with Crippen LogP contribution in [0.3, 0.4) is 0 Å². The Labute approximate surface area is 90.6 Å². The molecule has 0 spiro atoms. The number of likely N-dealkylation sites (tertiary alicyclic amines) is 1. The molecule has 0 bridgehead atoms.